The second kappa shape index (κ2) is 7.52. The van der Waals surface area contributed by atoms with E-state index < -0.39 is 17.6 Å². The minimum atomic E-state index is -4.63. The van der Waals surface area contributed by atoms with Gasteiger partial charge in [0.1, 0.15) is 0 Å². The molecule has 3 heterocycles. The molecule has 0 unspecified atom stereocenters. The molecule has 1 aliphatic rings. The lowest BCUT2D eigenvalue weighted by atomic mass is 10.0. The summed E-state index contributed by atoms with van der Waals surface area (Å²) >= 11 is 1.67. The van der Waals surface area contributed by atoms with Gasteiger partial charge in [0.15, 0.2) is 0 Å². The second-order valence-electron chi connectivity index (χ2n) is 6.71. The molecule has 0 bridgehead atoms. The Morgan fingerprint density at radius 1 is 1.07 bits per heavy atom. The number of amides is 1. The minimum absolute atomic E-state index is 0.0443. The third-order valence-corrected chi connectivity index (χ3v) is 5.77. The summed E-state index contributed by atoms with van der Waals surface area (Å²) in [5.41, 5.74) is -1.05. The average molecular weight is 405 g/mol. The van der Waals surface area contributed by atoms with Gasteiger partial charge in [-0.2, -0.15) is 13.2 Å². The van der Waals surface area contributed by atoms with Crippen LogP contribution in [0.25, 0.3) is 10.9 Å². The fourth-order valence-corrected chi connectivity index (χ4v) is 4.26. The SMILES string of the molecule is O=C(c1cnc2ccccc2c1C(F)(F)F)N1CCN(Cc2cccs2)CC1. The van der Waals surface area contributed by atoms with Crippen LogP contribution < -0.4 is 0 Å². The van der Waals surface area contributed by atoms with Crippen molar-refractivity contribution in [2.24, 2.45) is 0 Å². The van der Waals surface area contributed by atoms with Gasteiger partial charge in [-0.05, 0) is 17.5 Å². The molecule has 3 aromatic rings. The van der Waals surface area contributed by atoms with E-state index in [0.717, 1.165) is 12.7 Å². The molecule has 4 rings (SSSR count). The van der Waals surface area contributed by atoms with Gasteiger partial charge in [0, 0.05) is 49.2 Å². The highest BCUT2D eigenvalue weighted by molar-refractivity contribution is 7.09. The summed E-state index contributed by atoms with van der Waals surface area (Å²) in [6, 6.07) is 10.1. The van der Waals surface area contributed by atoms with E-state index in [1.807, 2.05) is 11.4 Å². The van der Waals surface area contributed by atoms with E-state index in [4.69, 9.17) is 0 Å². The van der Waals surface area contributed by atoms with E-state index in [1.165, 1.54) is 28.0 Å². The zero-order valence-electron chi connectivity index (χ0n) is 14.9. The lowest BCUT2D eigenvalue weighted by molar-refractivity contribution is -0.136. The summed E-state index contributed by atoms with van der Waals surface area (Å²) in [4.78, 5) is 21.9. The van der Waals surface area contributed by atoms with E-state index in [0.29, 0.717) is 26.2 Å². The lowest BCUT2D eigenvalue weighted by Gasteiger charge is -2.35. The molecule has 0 atom stereocenters. The Morgan fingerprint density at radius 3 is 2.50 bits per heavy atom. The number of rotatable bonds is 3. The number of aromatic nitrogens is 1. The summed E-state index contributed by atoms with van der Waals surface area (Å²) in [7, 11) is 0. The van der Waals surface area contributed by atoms with Gasteiger partial charge in [-0.15, -0.1) is 11.3 Å². The van der Waals surface area contributed by atoms with Crippen LogP contribution in [0.4, 0.5) is 13.2 Å². The minimum Gasteiger partial charge on any atom is -0.336 e. The molecule has 28 heavy (non-hydrogen) atoms. The standard InChI is InChI=1S/C20H18F3N3OS/c21-20(22,23)18-15-5-1-2-6-17(15)24-12-16(18)19(27)26-9-7-25(8-10-26)13-14-4-3-11-28-14/h1-6,11-12H,7-10,13H2. The smallest absolute Gasteiger partial charge is 0.336 e. The number of para-hydroxylation sites is 1. The molecule has 1 aromatic carbocycles. The van der Waals surface area contributed by atoms with Crippen LogP contribution in [-0.4, -0.2) is 46.9 Å². The Kier molecular flexibility index (Phi) is 5.07. The number of hydrogen-bond donors (Lipinski definition) is 0. The molecule has 4 nitrogen and oxygen atoms in total. The maximum Gasteiger partial charge on any atom is 0.417 e. The molecule has 146 valence electrons. The number of thiophene rings is 1. The topological polar surface area (TPSA) is 36.4 Å². The van der Waals surface area contributed by atoms with Gasteiger partial charge in [-0.3, -0.25) is 14.7 Å². The van der Waals surface area contributed by atoms with Crippen LogP contribution in [0.1, 0.15) is 20.8 Å². The van der Waals surface area contributed by atoms with Crippen LogP contribution in [0.15, 0.2) is 48.0 Å². The van der Waals surface area contributed by atoms with Crippen molar-refractivity contribution in [1.29, 1.82) is 0 Å². The van der Waals surface area contributed by atoms with Gasteiger partial charge in [-0.1, -0.05) is 24.3 Å². The van der Waals surface area contributed by atoms with Crippen LogP contribution in [0, 0.1) is 0 Å². The zero-order valence-corrected chi connectivity index (χ0v) is 15.8. The number of carbonyl (C=O) groups is 1. The number of carbonyl (C=O) groups excluding carboxylic acids is 1. The Bertz CT molecular complexity index is 980. The van der Waals surface area contributed by atoms with E-state index in [2.05, 4.69) is 16.0 Å². The number of nitrogens with zero attached hydrogens (tertiary/aromatic N) is 3. The maximum atomic E-state index is 13.8. The zero-order chi connectivity index (χ0) is 19.7. The quantitative estimate of drug-likeness (QED) is 0.653. The molecule has 0 saturated carbocycles. The Hall–Kier alpha value is -2.45. The van der Waals surface area contributed by atoms with Crippen molar-refractivity contribution in [2.45, 2.75) is 12.7 Å². The Labute approximate surface area is 164 Å². The summed E-state index contributed by atoms with van der Waals surface area (Å²) in [6.45, 7) is 2.85. The monoisotopic (exact) mass is 405 g/mol. The molecular weight excluding hydrogens is 387 g/mol. The predicted octanol–water partition coefficient (Wildman–Crippen LogP) is 4.27. The second-order valence-corrected chi connectivity index (χ2v) is 7.74. The molecule has 2 aromatic heterocycles. The average Bonchev–Trinajstić information content (AvgIpc) is 3.19. The van der Waals surface area contributed by atoms with Crippen LogP contribution in [0.3, 0.4) is 0 Å². The van der Waals surface area contributed by atoms with Crippen molar-refractivity contribution in [1.82, 2.24) is 14.8 Å². The third-order valence-electron chi connectivity index (χ3n) is 4.91. The van der Waals surface area contributed by atoms with Crippen molar-refractivity contribution in [3.05, 3.63) is 64.0 Å². The van der Waals surface area contributed by atoms with Crippen LogP contribution in [-0.2, 0) is 12.7 Å². The molecule has 0 radical (unpaired) electrons. The van der Waals surface area contributed by atoms with E-state index in [1.54, 1.807) is 17.4 Å². The maximum absolute atomic E-state index is 13.8. The van der Waals surface area contributed by atoms with Gasteiger partial charge in [0.05, 0.1) is 16.6 Å². The number of piperazine rings is 1. The summed E-state index contributed by atoms with van der Waals surface area (Å²) in [5, 5.41) is 1.97. The summed E-state index contributed by atoms with van der Waals surface area (Å²) < 4.78 is 41.3. The number of hydrogen-bond acceptors (Lipinski definition) is 4. The van der Waals surface area contributed by atoms with E-state index in [9.17, 15) is 18.0 Å². The molecule has 0 aliphatic carbocycles. The van der Waals surface area contributed by atoms with Gasteiger partial charge in [0.2, 0.25) is 0 Å². The number of alkyl halides is 3. The summed E-state index contributed by atoms with van der Waals surface area (Å²) in [6.07, 6.45) is -3.57. The molecule has 1 saturated heterocycles. The first-order valence-corrected chi connectivity index (χ1v) is 9.80. The molecule has 1 aliphatic heterocycles. The Morgan fingerprint density at radius 2 is 1.82 bits per heavy atom. The predicted molar refractivity (Wildman–Crippen MR) is 102 cm³/mol. The van der Waals surface area contributed by atoms with Gasteiger partial charge >= 0.3 is 6.18 Å². The van der Waals surface area contributed by atoms with Gasteiger partial charge in [0.25, 0.3) is 5.91 Å². The molecular formula is C20H18F3N3OS. The molecule has 1 fully saturated rings. The van der Waals surface area contributed by atoms with Crippen LogP contribution in [0.2, 0.25) is 0 Å². The normalized spacial score (nSPS) is 15.9. The van der Waals surface area contributed by atoms with Crippen molar-refractivity contribution in [3.8, 4) is 0 Å². The Balaban J connectivity index is 1.56. The molecule has 8 heteroatoms. The largest absolute Gasteiger partial charge is 0.417 e. The molecule has 1 amide bonds. The third kappa shape index (κ3) is 3.74. The van der Waals surface area contributed by atoms with Gasteiger partial charge < -0.3 is 4.90 Å². The number of benzene rings is 1. The van der Waals surface area contributed by atoms with Crippen molar-refractivity contribution in [3.63, 3.8) is 0 Å². The number of halogens is 3. The van der Waals surface area contributed by atoms with Crippen molar-refractivity contribution < 1.29 is 18.0 Å². The first-order chi connectivity index (χ1) is 13.4. The lowest BCUT2D eigenvalue weighted by Crippen LogP contribution is -2.48. The molecule has 0 N–H and O–H groups in total. The van der Waals surface area contributed by atoms with Crippen LogP contribution >= 0.6 is 11.3 Å². The summed E-state index contributed by atoms with van der Waals surface area (Å²) in [5.74, 6) is -0.610. The van der Waals surface area contributed by atoms with Gasteiger partial charge in [-0.25, -0.2) is 0 Å². The number of fused-ring (bicyclic) bond motifs is 1. The highest BCUT2D eigenvalue weighted by atomic mass is 32.1. The van der Waals surface area contributed by atoms with Crippen LogP contribution in [0.5, 0.6) is 0 Å². The first-order valence-electron chi connectivity index (χ1n) is 8.92. The van der Waals surface area contributed by atoms with E-state index in [-0.39, 0.29) is 16.5 Å². The molecule has 0 spiro atoms. The fourth-order valence-electron chi connectivity index (χ4n) is 3.51. The first kappa shape index (κ1) is 18.9. The van der Waals surface area contributed by atoms with Crippen molar-refractivity contribution >= 4 is 28.1 Å². The highest BCUT2D eigenvalue weighted by Gasteiger charge is 2.39. The fraction of sp³-hybridized carbons (Fsp3) is 0.300. The highest BCUT2D eigenvalue weighted by Crippen LogP contribution is 2.37. The van der Waals surface area contributed by atoms with E-state index >= 15 is 0 Å². The number of pyridine rings is 1. The van der Waals surface area contributed by atoms with Crippen molar-refractivity contribution in [2.75, 3.05) is 26.2 Å².